The first-order valence-electron chi connectivity index (χ1n) is 4.82. The van der Waals surface area contributed by atoms with Gasteiger partial charge < -0.3 is 10.6 Å². The first-order valence-corrected chi connectivity index (χ1v) is 5.61. The third kappa shape index (κ3) is 3.55. The quantitative estimate of drug-likeness (QED) is 0.828. The largest absolute Gasteiger partial charge is 0.382 e. The van der Waals surface area contributed by atoms with Crippen molar-refractivity contribution >= 4 is 27.5 Å². The van der Waals surface area contributed by atoms with Crippen LogP contribution in [0.1, 0.15) is 12.5 Å². The van der Waals surface area contributed by atoms with Crippen molar-refractivity contribution in [2.24, 2.45) is 0 Å². The Morgan fingerprint density at radius 3 is 2.88 bits per heavy atom. The van der Waals surface area contributed by atoms with E-state index >= 15 is 0 Å². The summed E-state index contributed by atoms with van der Waals surface area (Å²) in [7, 11) is 0. The van der Waals surface area contributed by atoms with Crippen LogP contribution in [-0.2, 0) is 4.79 Å². The highest BCUT2D eigenvalue weighted by Crippen LogP contribution is 2.23. The molecule has 0 unspecified atom stereocenters. The topological polar surface area (TPSA) is 64.9 Å². The fraction of sp³-hybridized carbons (Fsp3) is 0.273. The molecule has 1 aromatic carbocycles. The molecule has 16 heavy (non-hydrogen) atoms. The molecule has 0 aliphatic heterocycles. The standard InChI is InChI=1S/C11H12BrN3O/c1-8(16)14-5-6-15-11-4-2-3-10(12)9(11)7-13/h2-4,15H,5-6H2,1H3,(H,14,16). The summed E-state index contributed by atoms with van der Waals surface area (Å²) in [6, 6.07) is 7.62. The van der Waals surface area contributed by atoms with E-state index in [0.717, 1.165) is 10.2 Å². The van der Waals surface area contributed by atoms with Crippen LogP contribution in [0.5, 0.6) is 0 Å². The number of nitrogens with one attached hydrogen (secondary N) is 2. The van der Waals surface area contributed by atoms with Gasteiger partial charge in [-0.1, -0.05) is 6.07 Å². The number of benzene rings is 1. The Labute approximate surface area is 103 Å². The number of anilines is 1. The van der Waals surface area contributed by atoms with Crippen LogP contribution < -0.4 is 10.6 Å². The van der Waals surface area contributed by atoms with E-state index < -0.39 is 0 Å². The van der Waals surface area contributed by atoms with Gasteiger partial charge in [-0.3, -0.25) is 4.79 Å². The van der Waals surface area contributed by atoms with Crippen molar-refractivity contribution in [2.45, 2.75) is 6.92 Å². The molecule has 4 nitrogen and oxygen atoms in total. The normalized spacial score (nSPS) is 9.31. The number of halogens is 1. The maximum absolute atomic E-state index is 10.6. The van der Waals surface area contributed by atoms with Gasteiger partial charge >= 0.3 is 0 Å². The number of hydrogen-bond acceptors (Lipinski definition) is 3. The molecule has 84 valence electrons. The first-order chi connectivity index (χ1) is 7.65. The van der Waals surface area contributed by atoms with E-state index in [1.54, 1.807) is 0 Å². The zero-order chi connectivity index (χ0) is 12.0. The Morgan fingerprint density at radius 2 is 2.25 bits per heavy atom. The van der Waals surface area contributed by atoms with Gasteiger partial charge in [0.2, 0.25) is 5.91 Å². The van der Waals surface area contributed by atoms with Gasteiger partial charge in [0.15, 0.2) is 0 Å². The van der Waals surface area contributed by atoms with Gasteiger partial charge in [0.25, 0.3) is 0 Å². The van der Waals surface area contributed by atoms with E-state index in [1.165, 1.54) is 6.92 Å². The van der Waals surface area contributed by atoms with Crippen molar-refractivity contribution in [2.75, 3.05) is 18.4 Å². The second kappa shape index (κ2) is 6.13. The van der Waals surface area contributed by atoms with Crippen LogP contribution in [0, 0.1) is 11.3 Å². The number of nitrogens with zero attached hydrogens (tertiary/aromatic N) is 1. The van der Waals surface area contributed by atoms with Gasteiger partial charge in [-0.05, 0) is 28.1 Å². The zero-order valence-electron chi connectivity index (χ0n) is 8.88. The summed E-state index contributed by atoms with van der Waals surface area (Å²) in [5.74, 6) is -0.0588. The molecule has 1 aromatic rings. The minimum absolute atomic E-state index is 0.0588. The molecule has 0 spiro atoms. The Bertz CT molecular complexity index is 426. The molecule has 0 saturated heterocycles. The van der Waals surface area contributed by atoms with Gasteiger partial charge in [0.05, 0.1) is 11.3 Å². The number of amides is 1. The van der Waals surface area contributed by atoms with Crippen molar-refractivity contribution in [1.82, 2.24) is 5.32 Å². The molecular weight excluding hydrogens is 270 g/mol. The monoisotopic (exact) mass is 281 g/mol. The van der Waals surface area contributed by atoms with Crippen LogP contribution in [0.3, 0.4) is 0 Å². The molecule has 1 amide bonds. The van der Waals surface area contributed by atoms with Crippen LogP contribution in [0.15, 0.2) is 22.7 Å². The molecule has 0 bridgehead atoms. The number of nitriles is 1. The number of rotatable bonds is 4. The summed E-state index contributed by atoms with van der Waals surface area (Å²) in [5, 5.41) is 14.7. The van der Waals surface area contributed by atoms with E-state index in [4.69, 9.17) is 5.26 Å². The van der Waals surface area contributed by atoms with Gasteiger partial charge in [0.1, 0.15) is 6.07 Å². The van der Waals surface area contributed by atoms with Crippen molar-refractivity contribution in [1.29, 1.82) is 5.26 Å². The summed E-state index contributed by atoms with van der Waals surface area (Å²) in [6.45, 7) is 2.59. The summed E-state index contributed by atoms with van der Waals surface area (Å²) in [4.78, 5) is 10.6. The van der Waals surface area contributed by atoms with Crippen molar-refractivity contribution in [3.8, 4) is 6.07 Å². The first kappa shape index (κ1) is 12.5. The van der Waals surface area contributed by atoms with E-state index in [1.807, 2.05) is 18.2 Å². The Kier molecular flexibility index (Phi) is 4.80. The van der Waals surface area contributed by atoms with E-state index in [0.29, 0.717) is 18.7 Å². The molecular formula is C11H12BrN3O. The zero-order valence-corrected chi connectivity index (χ0v) is 10.5. The highest BCUT2D eigenvalue weighted by molar-refractivity contribution is 9.10. The van der Waals surface area contributed by atoms with Crippen LogP contribution in [-0.4, -0.2) is 19.0 Å². The minimum Gasteiger partial charge on any atom is -0.382 e. The molecule has 1 rings (SSSR count). The van der Waals surface area contributed by atoms with Gasteiger partial charge in [-0.15, -0.1) is 0 Å². The molecule has 0 saturated carbocycles. The maximum atomic E-state index is 10.6. The molecule has 2 N–H and O–H groups in total. The van der Waals surface area contributed by atoms with Crippen molar-refractivity contribution in [3.05, 3.63) is 28.2 Å². The lowest BCUT2D eigenvalue weighted by molar-refractivity contribution is -0.118. The Hall–Kier alpha value is -1.54. The molecule has 5 heteroatoms. The summed E-state index contributed by atoms with van der Waals surface area (Å²) in [5.41, 5.74) is 1.34. The minimum atomic E-state index is -0.0588. The Morgan fingerprint density at radius 1 is 1.50 bits per heavy atom. The summed E-state index contributed by atoms with van der Waals surface area (Å²) in [6.07, 6.45) is 0. The van der Waals surface area contributed by atoms with Crippen molar-refractivity contribution in [3.63, 3.8) is 0 Å². The lowest BCUT2D eigenvalue weighted by atomic mass is 10.2. The molecule has 0 atom stereocenters. The SMILES string of the molecule is CC(=O)NCCNc1cccc(Br)c1C#N. The number of hydrogen-bond donors (Lipinski definition) is 2. The average molecular weight is 282 g/mol. The van der Waals surface area contributed by atoms with Crippen LogP contribution in [0.25, 0.3) is 0 Å². The third-order valence-electron chi connectivity index (χ3n) is 1.94. The highest BCUT2D eigenvalue weighted by atomic mass is 79.9. The van der Waals surface area contributed by atoms with Gasteiger partial charge in [-0.2, -0.15) is 5.26 Å². The second-order valence-corrected chi connectivity index (χ2v) is 4.04. The fourth-order valence-corrected chi connectivity index (χ4v) is 1.68. The number of carbonyl (C=O) groups is 1. The van der Waals surface area contributed by atoms with Gasteiger partial charge in [0, 0.05) is 24.5 Å². The molecule has 0 radical (unpaired) electrons. The lowest BCUT2D eigenvalue weighted by Gasteiger charge is -2.09. The van der Waals surface area contributed by atoms with Crippen LogP contribution >= 0.6 is 15.9 Å². The van der Waals surface area contributed by atoms with Crippen LogP contribution in [0.4, 0.5) is 5.69 Å². The highest BCUT2D eigenvalue weighted by Gasteiger charge is 2.04. The maximum Gasteiger partial charge on any atom is 0.216 e. The van der Waals surface area contributed by atoms with Crippen molar-refractivity contribution < 1.29 is 4.79 Å². The van der Waals surface area contributed by atoms with E-state index in [-0.39, 0.29) is 5.91 Å². The summed E-state index contributed by atoms with van der Waals surface area (Å²) < 4.78 is 0.763. The lowest BCUT2D eigenvalue weighted by Crippen LogP contribution is -2.26. The third-order valence-corrected chi connectivity index (χ3v) is 2.60. The van der Waals surface area contributed by atoms with Gasteiger partial charge in [-0.25, -0.2) is 0 Å². The van der Waals surface area contributed by atoms with Crippen LogP contribution in [0.2, 0.25) is 0 Å². The number of carbonyl (C=O) groups excluding carboxylic acids is 1. The smallest absolute Gasteiger partial charge is 0.216 e. The molecule has 0 fully saturated rings. The second-order valence-electron chi connectivity index (χ2n) is 3.18. The predicted molar refractivity (Wildman–Crippen MR) is 66.0 cm³/mol. The van der Waals surface area contributed by atoms with E-state index in [2.05, 4.69) is 32.6 Å². The van der Waals surface area contributed by atoms with E-state index in [9.17, 15) is 4.79 Å². The average Bonchev–Trinajstić information content (AvgIpc) is 2.24. The molecule has 0 aromatic heterocycles. The molecule has 0 aliphatic carbocycles. The molecule has 0 aliphatic rings. The summed E-state index contributed by atoms with van der Waals surface area (Å²) >= 11 is 3.31. The Balaban J connectivity index is 2.58. The predicted octanol–water partition coefficient (Wildman–Crippen LogP) is 1.87. The fourth-order valence-electron chi connectivity index (χ4n) is 1.22. The molecule has 0 heterocycles.